The first-order valence-electron chi connectivity index (χ1n) is 9.46. The van der Waals surface area contributed by atoms with Crippen LogP contribution < -0.4 is 16.0 Å². The van der Waals surface area contributed by atoms with Crippen molar-refractivity contribution in [3.63, 3.8) is 0 Å². The molecule has 1 amide bonds. The highest BCUT2D eigenvalue weighted by Gasteiger charge is 2.31. The standard InChI is InChI=1S/C20H33N5O/c1-14(2)25-12-15(3)19(13-25)24-20(21-5)22-11-10-17-6-8-18(9-7-17)23-16(4)26/h6-9,14-15,19H,10-13H2,1-5H3,(H,23,26)(H2,21,22,24). The molecule has 1 fully saturated rings. The second kappa shape index (κ2) is 9.57. The molecule has 1 aliphatic rings. The summed E-state index contributed by atoms with van der Waals surface area (Å²) in [5.41, 5.74) is 2.05. The first-order valence-corrected chi connectivity index (χ1v) is 9.46. The molecule has 6 heteroatoms. The van der Waals surface area contributed by atoms with Crippen molar-refractivity contribution in [2.24, 2.45) is 10.9 Å². The van der Waals surface area contributed by atoms with Gasteiger partial charge in [-0.25, -0.2) is 0 Å². The fourth-order valence-electron chi connectivity index (χ4n) is 3.27. The van der Waals surface area contributed by atoms with Gasteiger partial charge in [-0.05, 0) is 43.9 Å². The molecule has 0 spiro atoms. The summed E-state index contributed by atoms with van der Waals surface area (Å²) in [4.78, 5) is 17.9. The van der Waals surface area contributed by atoms with Crippen molar-refractivity contribution in [3.05, 3.63) is 29.8 Å². The van der Waals surface area contributed by atoms with Crippen molar-refractivity contribution < 1.29 is 4.79 Å². The molecule has 0 saturated carbocycles. The Kier molecular flexibility index (Phi) is 7.45. The van der Waals surface area contributed by atoms with Crippen molar-refractivity contribution in [3.8, 4) is 0 Å². The predicted molar refractivity (Wildman–Crippen MR) is 109 cm³/mol. The van der Waals surface area contributed by atoms with Gasteiger partial charge in [-0.1, -0.05) is 19.1 Å². The highest BCUT2D eigenvalue weighted by molar-refractivity contribution is 5.88. The summed E-state index contributed by atoms with van der Waals surface area (Å²) in [5.74, 6) is 1.42. The molecular weight excluding hydrogens is 326 g/mol. The monoisotopic (exact) mass is 359 g/mol. The number of guanidine groups is 1. The Hall–Kier alpha value is -2.08. The minimum absolute atomic E-state index is 0.0496. The number of hydrogen-bond acceptors (Lipinski definition) is 3. The molecule has 1 aliphatic heterocycles. The van der Waals surface area contributed by atoms with Gasteiger partial charge in [0.25, 0.3) is 0 Å². The third-order valence-corrected chi connectivity index (χ3v) is 4.90. The maximum atomic E-state index is 11.1. The normalized spacial score (nSPS) is 21.1. The van der Waals surface area contributed by atoms with E-state index < -0.39 is 0 Å². The number of carbonyl (C=O) groups is 1. The zero-order valence-corrected chi connectivity index (χ0v) is 16.7. The van der Waals surface area contributed by atoms with Gasteiger partial charge in [0.1, 0.15) is 0 Å². The van der Waals surface area contributed by atoms with Crippen LogP contribution in [0.2, 0.25) is 0 Å². The highest BCUT2D eigenvalue weighted by atomic mass is 16.1. The number of likely N-dealkylation sites (tertiary alicyclic amines) is 1. The molecule has 6 nitrogen and oxygen atoms in total. The van der Waals surface area contributed by atoms with E-state index in [9.17, 15) is 4.79 Å². The van der Waals surface area contributed by atoms with Gasteiger partial charge in [0, 0.05) is 51.4 Å². The maximum absolute atomic E-state index is 11.1. The Morgan fingerprint density at radius 1 is 1.27 bits per heavy atom. The van der Waals surface area contributed by atoms with Gasteiger partial charge in [0.15, 0.2) is 5.96 Å². The molecule has 3 N–H and O–H groups in total. The van der Waals surface area contributed by atoms with Crippen LogP contribution in [0, 0.1) is 5.92 Å². The van der Waals surface area contributed by atoms with Crippen LogP contribution in [0.25, 0.3) is 0 Å². The third kappa shape index (κ3) is 6.02. The van der Waals surface area contributed by atoms with Crippen LogP contribution in [0.5, 0.6) is 0 Å². The summed E-state index contributed by atoms with van der Waals surface area (Å²) in [7, 11) is 1.82. The Balaban J connectivity index is 1.78. The maximum Gasteiger partial charge on any atom is 0.221 e. The number of nitrogens with zero attached hydrogens (tertiary/aromatic N) is 2. The van der Waals surface area contributed by atoms with Crippen molar-refractivity contribution in [1.29, 1.82) is 0 Å². The molecule has 0 bridgehead atoms. The molecule has 2 atom stereocenters. The van der Waals surface area contributed by atoms with E-state index in [-0.39, 0.29) is 5.91 Å². The summed E-state index contributed by atoms with van der Waals surface area (Å²) >= 11 is 0. The van der Waals surface area contributed by atoms with E-state index >= 15 is 0 Å². The van der Waals surface area contributed by atoms with Gasteiger partial charge in [0.05, 0.1) is 0 Å². The van der Waals surface area contributed by atoms with E-state index in [0.717, 1.165) is 37.7 Å². The fourth-order valence-corrected chi connectivity index (χ4v) is 3.27. The molecule has 0 aliphatic carbocycles. The SMILES string of the molecule is CN=C(NCCc1ccc(NC(C)=O)cc1)NC1CN(C(C)C)CC1C. The van der Waals surface area contributed by atoms with Gasteiger partial charge in [-0.15, -0.1) is 0 Å². The number of nitrogens with one attached hydrogen (secondary N) is 3. The van der Waals surface area contributed by atoms with Crippen molar-refractivity contribution in [2.45, 2.75) is 46.2 Å². The number of anilines is 1. The van der Waals surface area contributed by atoms with E-state index in [1.807, 2.05) is 31.3 Å². The zero-order valence-electron chi connectivity index (χ0n) is 16.7. The smallest absolute Gasteiger partial charge is 0.221 e. The lowest BCUT2D eigenvalue weighted by Crippen LogP contribution is -2.47. The highest BCUT2D eigenvalue weighted by Crippen LogP contribution is 2.18. The van der Waals surface area contributed by atoms with Crippen LogP contribution in [0.1, 0.15) is 33.3 Å². The number of aliphatic imine (C=N–C) groups is 1. The van der Waals surface area contributed by atoms with E-state index in [4.69, 9.17) is 0 Å². The Labute approximate surface area is 157 Å². The van der Waals surface area contributed by atoms with Crippen LogP contribution in [0.4, 0.5) is 5.69 Å². The molecule has 144 valence electrons. The average molecular weight is 360 g/mol. The number of carbonyl (C=O) groups excluding carboxylic acids is 1. The van der Waals surface area contributed by atoms with E-state index in [1.54, 1.807) is 0 Å². The molecule has 2 rings (SSSR count). The summed E-state index contributed by atoms with van der Waals surface area (Å²) in [6, 6.07) is 8.97. The largest absolute Gasteiger partial charge is 0.356 e. The number of amides is 1. The van der Waals surface area contributed by atoms with Crippen molar-refractivity contribution >= 4 is 17.6 Å². The van der Waals surface area contributed by atoms with E-state index in [1.165, 1.54) is 12.5 Å². The number of rotatable bonds is 6. The lowest BCUT2D eigenvalue weighted by atomic mass is 10.1. The van der Waals surface area contributed by atoms with Crippen molar-refractivity contribution in [1.82, 2.24) is 15.5 Å². The molecule has 0 radical (unpaired) electrons. The molecule has 2 unspecified atom stereocenters. The molecule has 1 saturated heterocycles. The molecular formula is C20H33N5O. The third-order valence-electron chi connectivity index (χ3n) is 4.90. The quantitative estimate of drug-likeness (QED) is 0.537. The van der Waals surface area contributed by atoms with Gasteiger partial charge < -0.3 is 16.0 Å². The minimum Gasteiger partial charge on any atom is -0.356 e. The van der Waals surface area contributed by atoms with Crippen LogP contribution >= 0.6 is 0 Å². The second-order valence-electron chi connectivity index (χ2n) is 7.40. The topological polar surface area (TPSA) is 68.8 Å². The van der Waals surface area contributed by atoms with Gasteiger partial charge in [-0.3, -0.25) is 14.7 Å². The van der Waals surface area contributed by atoms with Crippen LogP contribution in [0.3, 0.4) is 0 Å². The zero-order chi connectivity index (χ0) is 19.1. The molecule has 1 aromatic rings. The Morgan fingerprint density at radius 3 is 2.50 bits per heavy atom. The van der Waals surface area contributed by atoms with Crippen LogP contribution in [-0.2, 0) is 11.2 Å². The summed E-state index contributed by atoms with van der Waals surface area (Å²) in [6.07, 6.45) is 0.902. The first-order chi connectivity index (χ1) is 12.4. The fraction of sp³-hybridized carbons (Fsp3) is 0.600. The Morgan fingerprint density at radius 2 is 1.96 bits per heavy atom. The number of benzene rings is 1. The number of hydrogen-bond donors (Lipinski definition) is 3. The van der Waals surface area contributed by atoms with Gasteiger partial charge in [0.2, 0.25) is 5.91 Å². The summed E-state index contributed by atoms with van der Waals surface area (Å²) in [5, 5.41) is 9.76. The molecule has 26 heavy (non-hydrogen) atoms. The molecule has 1 aromatic carbocycles. The van der Waals surface area contributed by atoms with Crippen LogP contribution in [0.15, 0.2) is 29.3 Å². The first kappa shape index (κ1) is 20.2. The molecule has 1 heterocycles. The minimum atomic E-state index is -0.0496. The van der Waals surface area contributed by atoms with E-state index in [0.29, 0.717) is 18.0 Å². The molecule has 0 aromatic heterocycles. The van der Waals surface area contributed by atoms with Crippen LogP contribution in [-0.4, -0.2) is 55.5 Å². The predicted octanol–water partition coefficient (Wildman–Crippen LogP) is 2.08. The van der Waals surface area contributed by atoms with E-state index in [2.05, 4.69) is 46.6 Å². The van der Waals surface area contributed by atoms with Gasteiger partial charge in [-0.2, -0.15) is 0 Å². The average Bonchev–Trinajstić information content (AvgIpc) is 2.96. The van der Waals surface area contributed by atoms with Crippen molar-refractivity contribution in [2.75, 3.05) is 32.0 Å². The summed E-state index contributed by atoms with van der Waals surface area (Å²) in [6.45, 7) is 11.3. The lowest BCUT2D eigenvalue weighted by molar-refractivity contribution is -0.114. The van der Waals surface area contributed by atoms with Gasteiger partial charge >= 0.3 is 0 Å². The summed E-state index contributed by atoms with van der Waals surface area (Å²) < 4.78 is 0. The Bertz CT molecular complexity index is 611. The lowest BCUT2D eigenvalue weighted by Gasteiger charge is -2.22. The second-order valence-corrected chi connectivity index (χ2v) is 7.40.